The van der Waals surface area contributed by atoms with Crippen molar-refractivity contribution in [3.8, 4) is 0 Å². The summed E-state index contributed by atoms with van der Waals surface area (Å²) in [7, 11) is 6.67. The van der Waals surface area contributed by atoms with Gasteiger partial charge in [0.15, 0.2) is 0 Å². The van der Waals surface area contributed by atoms with E-state index in [0.717, 1.165) is 44.7 Å². The van der Waals surface area contributed by atoms with Gasteiger partial charge < -0.3 is 9.80 Å². The van der Waals surface area contributed by atoms with E-state index in [-0.39, 0.29) is 0 Å². The highest BCUT2D eigenvalue weighted by Gasteiger charge is 2.12. The molecule has 0 radical (unpaired) electrons. The van der Waals surface area contributed by atoms with Crippen LogP contribution in [-0.4, -0.2) is 56.4 Å². The molecular formula is C46H88N2O. The monoisotopic (exact) mass is 685 g/mol. The van der Waals surface area contributed by atoms with Crippen molar-refractivity contribution >= 4 is 5.78 Å². The van der Waals surface area contributed by atoms with Crippen LogP contribution in [0.3, 0.4) is 0 Å². The molecule has 49 heavy (non-hydrogen) atoms. The molecule has 0 N–H and O–H groups in total. The molecule has 0 aliphatic rings. The number of rotatable bonds is 39. The fourth-order valence-electron chi connectivity index (χ4n) is 6.84. The summed E-state index contributed by atoms with van der Waals surface area (Å²) in [5, 5.41) is 0. The summed E-state index contributed by atoms with van der Waals surface area (Å²) >= 11 is 0. The molecule has 0 heterocycles. The maximum absolute atomic E-state index is 12.3. The standard InChI is InChI=1S/C46H88N2O/c1-7-9-11-13-15-17-18-23-29-35-44(3)36-30-24-20-21-25-31-37-45(43-48(6)42-41-47(4)5)38-32-26-22-28-34-40-46(49)39-33-27-19-16-14-12-10-8-2/h18-19,23,27,45H,3,7-17,20-22,24-26,28-43H2,1-2,4-6H3/b23-18+,27-19+. The highest BCUT2D eigenvalue weighted by molar-refractivity contribution is 5.78. The Morgan fingerprint density at radius 2 is 0.959 bits per heavy atom. The molecule has 0 fully saturated rings. The lowest BCUT2D eigenvalue weighted by atomic mass is 9.93. The molecule has 3 heteroatoms. The van der Waals surface area contributed by atoms with Gasteiger partial charge in [-0.1, -0.05) is 153 Å². The van der Waals surface area contributed by atoms with Gasteiger partial charge in [0.2, 0.25) is 0 Å². The van der Waals surface area contributed by atoms with E-state index in [2.05, 4.69) is 75.7 Å². The summed E-state index contributed by atoms with van der Waals surface area (Å²) < 4.78 is 0. The zero-order valence-corrected chi connectivity index (χ0v) is 34.2. The molecule has 0 aliphatic carbocycles. The molecular weight excluding hydrogens is 597 g/mol. The van der Waals surface area contributed by atoms with Crippen molar-refractivity contribution in [3.63, 3.8) is 0 Å². The van der Waals surface area contributed by atoms with Crippen LogP contribution >= 0.6 is 0 Å². The second kappa shape index (κ2) is 38.1. The van der Waals surface area contributed by atoms with Gasteiger partial charge in [-0.15, -0.1) is 0 Å². The number of hydrogen-bond acceptors (Lipinski definition) is 3. The summed E-state index contributed by atoms with van der Waals surface area (Å²) in [5.41, 5.74) is 1.45. The summed E-state index contributed by atoms with van der Waals surface area (Å²) in [6, 6.07) is 0. The predicted molar refractivity (Wildman–Crippen MR) is 222 cm³/mol. The molecule has 0 spiro atoms. The Bertz CT molecular complexity index is 769. The Morgan fingerprint density at radius 1 is 0.510 bits per heavy atom. The number of Topliss-reactive ketones (excluding diaryl/α,β-unsaturated/α-hetero) is 1. The lowest BCUT2D eigenvalue weighted by Gasteiger charge is -2.25. The zero-order chi connectivity index (χ0) is 36.0. The SMILES string of the molecule is C=C(CC/C=C/CCCCCCC)CCCCCCCCC(CCCCCCCC(=O)CC/C=C/CCCCCC)CN(C)CCN(C)C. The second-order valence-electron chi connectivity index (χ2n) is 15.8. The molecule has 288 valence electrons. The molecule has 1 unspecified atom stereocenters. The van der Waals surface area contributed by atoms with E-state index in [4.69, 9.17) is 0 Å². The topological polar surface area (TPSA) is 23.6 Å². The highest BCUT2D eigenvalue weighted by Crippen LogP contribution is 2.21. The van der Waals surface area contributed by atoms with Crippen molar-refractivity contribution in [2.75, 3.05) is 40.8 Å². The quantitative estimate of drug-likeness (QED) is 0.0475. The van der Waals surface area contributed by atoms with Crippen molar-refractivity contribution in [1.29, 1.82) is 0 Å². The Hall–Kier alpha value is -1.19. The van der Waals surface area contributed by atoms with Gasteiger partial charge in [-0.3, -0.25) is 4.79 Å². The van der Waals surface area contributed by atoms with Crippen LogP contribution in [0.4, 0.5) is 0 Å². The Balaban J connectivity index is 4.02. The number of ketones is 1. The molecule has 0 saturated carbocycles. The van der Waals surface area contributed by atoms with Crippen molar-refractivity contribution in [1.82, 2.24) is 9.80 Å². The minimum Gasteiger partial charge on any atom is -0.308 e. The van der Waals surface area contributed by atoms with Crippen molar-refractivity contribution in [2.24, 2.45) is 5.92 Å². The van der Waals surface area contributed by atoms with Crippen molar-refractivity contribution in [2.45, 2.75) is 206 Å². The van der Waals surface area contributed by atoms with Gasteiger partial charge >= 0.3 is 0 Å². The molecule has 0 amide bonds. The summed E-state index contributed by atoms with van der Waals surface area (Å²) in [6.45, 7) is 12.4. The predicted octanol–water partition coefficient (Wildman–Crippen LogP) is 14.1. The number of likely N-dealkylation sites (N-methyl/N-ethyl adjacent to an activating group) is 2. The van der Waals surface area contributed by atoms with Crippen LogP contribution in [0.15, 0.2) is 36.5 Å². The molecule has 0 bridgehead atoms. The first-order chi connectivity index (χ1) is 23.9. The van der Waals surface area contributed by atoms with E-state index in [1.54, 1.807) is 0 Å². The Morgan fingerprint density at radius 3 is 1.53 bits per heavy atom. The summed E-state index contributed by atoms with van der Waals surface area (Å²) in [6.07, 6.45) is 47.2. The number of carbonyl (C=O) groups excluding carboxylic acids is 1. The van der Waals surface area contributed by atoms with Crippen LogP contribution in [0.5, 0.6) is 0 Å². The van der Waals surface area contributed by atoms with E-state index in [0.29, 0.717) is 5.78 Å². The summed E-state index contributed by atoms with van der Waals surface area (Å²) in [4.78, 5) is 17.1. The number of allylic oxidation sites excluding steroid dienone is 5. The van der Waals surface area contributed by atoms with Crippen LogP contribution in [-0.2, 0) is 4.79 Å². The number of nitrogens with zero attached hydrogens (tertiary/aromatic N) is 2. The first-order valence-electron chi connectivity index (χ1n) is 21.7. The zero-order valence-electron chi connectivity index (χ0n) is 34.2. The van der Waals surface area contributed by atoms with Gasteiger partial charge in [0.1, 0.15) is 5.78 Å². The first-order valence-corrected chi connectivity index (χ1v) is 21.7. The van der Waals surface area contributed by atoms with Crippen LogP contribution in [0.25, 0.3) is 0 Å². The molecule has 0 aromatic heterocycles. The minimum absolute atomic E-state index is 0.462. The third kappa shape index (κ3) is 37.9. The minimum atomic E-state index is 0.462. The fraction of sp³-hybridized carbons (Fsp3) is 0.848. The van der Waals surface area contributed by atoms with Crippen LogP contribution in [0.1, 0.15) is 206 Å². The van der Waals surface area contributed by atoms with Gasteiger partial charge in [0, 0.05) is 32.5 Å². The lowest BCUT2D eigenvalue weighted by Crippen LogP contribution is -2.32. The number of carbonyl (C=O) groups is 1. The highest BCUT2D eigenvalue weighted by atomic mass is 16.1. The van der Waals surface area contributed by atoms with Gasteiger partial charge in [-0.2, -0.15) is 0 Å². The summed E-state index contributed by atoms with van der Waals surface area (Å²) in [5.74, 6) is 1.29. The van der Waals surface area contributed by atoms with Crippen molar-refractivity contribution in [3.05, 3.63) is 36.5 Å². The van der Waals surface area contributed by atoms with E-state index in [1.807, 2.05) is 0 Å². The van der Waals surface area contributed by atoms with Gasteiger partial charge in [0.05, 0.1) is 0 Å². The van der Waals surface area contributed by atoms with E-state index in [9.17, 15) is 4.79 Å². The smallest absolute Gasteiger partial charge is 0.133 e. The Labute approximate surface area is 309 Å². The van der Waals surface area contributed by atoms with Crippen molar-refractivity contribution < 1.29 is 4.79 Å². The molecule has 0 aromatic rings. The largest absolute Gasteiger partial charge is 0.308 e. The van der Waals surface area contributed by atoms with E-state index in [1.165, 1.54) is 179 Å². The normalized spacial score (nSPS) is 12.7. The maximum atomic E-state index is 12.3. The van der Waals surface area contributed by atoms with E-state index < -0.39 is 0 Å². The van der Waals surface area contributed by atoms with Gasteiger partial charge in [-0.05, 0) is 104 Å². The van der Waals surface area contributed by atoms with Crippen LogP contribution in [0.2, 0.25) is 0 Å². The van der Waals surface area contributed by atoms with Gasteiger partial charge in [-0.25, -0.2) is 0 Å². The molecule has 0 aromatic carbocycles. The third-order valence-corrected chi connectivity index (χ3v) is 10.2. The molecule has 0 rings (SSSR count). The van der Waals surface area contributed by atoms with Gasteiger partial charge in [0.25, 0.3) is 0 Å². The molecule has 3 nitrogen and oxygen atoms in total. The molecule has 1 atom stereocenters. The lowest BCUT2D eigenvalue weighted by molar-refractivity contribution is -0.119. The number of hydrogen-bond donors (Lipinski definition) is 0. The fourth-order valence-corrected chi connectivity index (χ4v) is 6.84. The Kier molecular flexibility index (Phi) is 37.1. The first kappa shape index (κ1) is 47.8. The molecule has 0 aliphatic heterocycles. The van der Waals surface area contributed by atoms with E-state index >= 15 is 0 Å². The second-order valence-corrected chi connectivity index (χ2v) is 15.8. The van der Waals surface area contributed by atoms with Crippen LogP contribution < -0.4 is 0 Å². The number of unbranched alkanes of at least 4 members (excludes halogenated alkanes) is 18. The maximum Gasteiger partial charge on any atom is 0.133 e. The molecule has 0 saturated heterocycles. The third-order valence-electron chi connectivity index (χ3n) is 10.2. The average molecular weight is 685 g/mol. The van der Waals surface area contributed by atoms with Crippen LogP contribution in [0, 0.1) is 5.92 Å². The average Bonchev–Trinajstić information content (AvgIpc) is 3.08.